The molecule has 2 N–H and O–H groups in total. The fraction of sp³-hybridized carbons (Fsp3) is 0.702. The summed E-state index contributed by atoms with van der Waals surface area (Å²) < 4.78 is 13.8. The lowest BCUT2D eigenvalue weighted by Crippen LogP contribution is -2.75. The third-order valence-corrected chi connectivity index (χ3v) is 16.3. The number of carbonyl (C=O) groups excluding carboxylic acids is 2. The molecule has 10 atom stereocenters. The highest BCUT2D eigenvalue weighted by Crippen LogP contribution is 2.84. The molecular formula is C47H63N3O4. The van der Waals surface area contributed by atoms with Gasteiger partial charge in [-0.1, -0.05) is 88.3 Å². The number of aryl methyl sites for hydroxylation is 1. The van der Waals surface area contributed by atoms with Crippen molar-refractivity contribution in [3.63, 3.8) is 0 Å². The fourth-order valence-electron chi connectivity index (χ4n) is 14.4. The van der Waals surface area contributed by atoms with Gasteiger partial charge < -0.3 is 20.1 Å². The summed E-state index contributed by atoms with van der Waals surface area (Å²) in [6.45, 7) is 9.85. The molecule has 13 rings (SSSR count). The van der Waals surface area contributed by atoms with Gasteiger partial charge in [0.05, 0.1) is 11.0 Å². The smallest absolute Gasteiger partial charge is 0.339 e. The summed E-state index contributed by atoms with van der Waals surface area (Å²) in [7, 11) is 0. The maximum atomic E-state index is 15.1. The van der Waals surface area contributed by atoms with Crippen LogP contribution < -0.4 is 5.73 Å². The molecule has 7 heteroatoms. The van der Waals surface area contributed by atoms with Crippen molar-refractivity contribution >= 4 is 11.9 Å². The van der Waals surface area contributed by atoms with Gasteiger partial charge in [-0.15, -0.1) is 0 Å². The highest BCUT2D eigenvalue weighted by molar-refractivity contribution is 5.99. The minimum atomic E-state index is -0.930. The molecule has 8 bridgehead atoms. The highest BCUT2D eigenvalue weighted by Gasteiger charge is 2.91. The van der Waals surface area contributed by atoms with Crippen LogP contribution in [0.1, 0.15) is 132 Å². The van der Waals surface area contributed by atoms with Gasteiger partial charge in [-0.05, 0) is 106 Å². The number of benzene rings is 1. The number of nitrogens with two attached hydrogens (primary N) is 1. The minimum absolute atomic E-state index is 0.105. The summed E-state index contributed by atoms with van der Waals surface area (Å²) >= 11 is 0. The summed E-state index contributed by atoms with van der Waals surface area (Å²) in [6, 6.07) is 6.77. The van der Waals surface area contributed by atoms with Crippen molar-refractivity contribution < 1.29 is 19.1 Å². The lowest BCUT2D eigenvalue weighted by atomic mass is 9.31. The number of piperidine rings is 2. The van der Waals surface area contributed by atoms with E-state index in [1.54, 1.807) is 0 Å². The molecule has 1 unspecified atom stereocenters. The largest absolute Gasteiger partial charge is 0.449 e. The third-order valence-electron chi connectivity index (χ3n) is 16.3. The Morgan fingerprint density at radius 1 is 0.981 bits per heavy atom. The number of esters is 2. The Morgan fingerprint density at radius 3 is 2.57 bits per heavy atom. The topological polar surface area (TPSA) is 85.1 Å². The SMILES string of the molecule is CCC[C@@H]1[C@@]2(OC(=O)c3c(CCCN)cccc32)[C@@]23CCC4=C[C@@]12C(=O)O/C3=C\C[C@@H](CC1CCCCC1)N1C[C@@H]2C[C@@H](CN(C2)C2=CC[C@H](C)C[C@@H]42)C1. The first-order chi connectivity index (χ1) is 26.3. The summed E-state index contributed by atoms with van der Waals surface area (Å²) in [5.41, 5.74) is 9.16. The van der Waals surface area contributed by atoms with E-state index >= 15 is 4.79 Å². The number of hydrogen-bond donors (Lipinski definition) is 1. The highest BCUT2D eigenvalue weighted by atomic mass is 16.6. The second kappa shape index (κ2) is 13.4. The molecule has 4 aliphatic carbocycles. The van der Waals surface area contributed by atoms with Gasteiger partial charge in [0.25, 0.3) is 0 Å². The molecule has 0 amide bonds. The molecule has 290 valence electrons. The van der Waals surface area contributed by atoms with Crippen LogP contribution in [-0.2, 0) is 26.3 Å². The average molecular weight is 734 g/mol. The van der Waals surface area contributed by atoms with Crippen LogP contribution in [0.15, 0.2) is 53.5 Å². The van der Waals surface area contributed by atoms with Crippen molar-refractivity contribution in [1.82, 2.24) is 9.80 Å². The van der Waals surface area contributed by atoms with Crippen molar-refractivity contribution in [1.29, 1.82) is 0 Å². The van der Waals surface area contributed by atoms with E-state index in [-0.39, 0.29) is 17.9 Å². The average Bonchev–Trinajstić information content (AvgIpc) is 3.62. The molecule has 8 aliphatic heterocycles. The molecule has 0 radical (unpaired) electrons. The van der Waals surface area contributed by atoms with E-state index in [1.807, 2.05) is 0 Å². The van der Waals surface area contributed by atoms with Crippen LogP contribution in [0.25, 0.3) is 0 Å². The molecule has 1 aromatic rings. The van der Waals surface area contributed by atoms with E-state index in [4.69, 9.17) is 15.2 Å². The van der Waals surface area contributed by atoms with Crippen molar-refractivity contribution in [3.8, 4) is 0 Å². The number of carbonyl (C=O) groups is 2. The maximum Gasteiger partial charge on any atom is 0.339 e. The second-order valence-corrected chi connectivity index (χ2v) is 19.4. The van der Waals surface area contributed by atoms with Gasteiger partial charge >= 0.3 is 11.9 Å². The monoisotopic (exact) mass is 733 g/mol. The molecule has 5 fully saturated rings. The van der Waals surface area contributed by atoms with E-state index in [2.05, 4.69) is 60.1 Å². The van der Waals surface area contributed by atoms with E-state index < -0.39 is 16.4 Å². The first kappa shape index (κ1) is 35.5. The lowest BCUT2D eigenvalue weighted by Gasteiger charge is -2.69. The molecule has 0 aromatic heterocycles. The molecule has 12 aliphatic rings. The van der Waals surface area contributed by atoms with E-state index in [1.165, 1.54) is 69.3 Å². The number of fused-ring (bicyclic) bond motifs is 2. The summed E-state index contributed by atoms with van der Waals surface area (Å²) in [5.74, 6) is 3.36. The number of allylic oxidation sites excluding steroid dienone is 2. The standard InChI is InChI=1S/C47H63N3O4/c1-3-9-40-45-25-35-19-20-46(45,47(40)38-14-7-12-34(13-8-21-48)42(38)43(51)54-47)41(53-44(45)52)18-16-36(24-31-10-5-4-6-11-31)49-26-32-23-33(27-49)29-50(28-32)39-17-15-30(2)22-37(35)39/h7,12,14,17-18,25,30-33,36-37,40H,3-6,8-11,13,15-16,19-24,26-29,48H2,1-2H3/b41-18-/t30-,32-,33+,36-,37-,40-,45-,46+,47+/m0/s1. The second-order valence-electron chi connectivity index (χ2n) is 19.4. The molecule has 2 saturated carbocycles. The van der Waals surface area contributed by atoms with Gasteiger partial charge in [0.15, 0.2) is 5.60 Å². The summed E-state index contributed by atoms with van der Waals surface area (Å²) in [5, 5.41) is 0. The van der Waals surface area contributed by atoms with Crippen LogP contribution in [0.5, 0.6) is 0 Å². The normalized spacial score (nSPS) is 41.8. The van der Waals surface area contributed by atoms with Crippen LogP contribution in [0.2, 0.25) is 0 Å². The van der Waals surface area contributed by atoms with Crippen LogP contribution in [0.4, 0.5) is 0 Å². The Morgan fingerprint density at radius 2 is 1.80 bits per heavy atom. The predicted molar refractivity (Wildman–Crippen MR) is 210 cm³/mol. The molecular weight excluding hydrogens is 671 g/mol. The maximum absolute atomic E-state index is 15.1. The van der Waals surface area contributed by atoms with Gasteiger partial charge in [-0.3, -0.25) is 9.69 Å². The third kappa shape index (κ3) is 4.91. The quantitative estimate of drug-likeness (QED) is 0.223. The summed E-state index contributed by atoms with van der Waals surface area (Å²) in [6.07, 6.45) is 24.8. The zero-order valence-corrected chi connectivity index (χ0v) is 33.0. The van der Waals surface area contributed by atoms with Crippen LogP contribution in [-0.4, -0.2) is 60.5 Å². The van der Waals surface area contributed by atoms with Crippen LogP contribution in [0, 0.1) is 46.3 Å². The van der Waals surface area contributed by atoms with Crippen molar-refractivity contribution in [2.45, 2.75) is 128 Å². The Kier molecular flexibility index (Phi) is 8.78. The Balaban J connectivity index is 1.17. The number of rotatable bonds is 7. The van der Waals surface area contributed by atoms with Gasteiger partial charge in [-0.25, -0.2) is 4.79 Å². The molecule has 8 heterocycles. The summed E-state index contributed by atoms with van der Waals surface area (Å²) in [4.78, 5) is 35.2. The van der Waals surface area contributed by atoms with E-state index in [0.717, 1.165) is 99.2 Å². The molecule has 54 heavy (non-hydrogen) atoms. The lowest BCUT2D eigenvalue weighted by molar-refractivity contribution is -0.271. The van der Waals surface area contributed by atoms with Crippen LogP contribution in [0.3, 0.4) is 0 Å². The first-order valence-electron chi connectivity index (χ1n) is 22.2. The number of nitrogens with zero attached hydrogens (tertiary/aromatic N) is 2. The van der Waals surface area contributed by atoms with E-state index in [9.17, 15) is 4.79 Å². The van der Waals surface area contributed by atoms with Gasteiger partial charge in [0.2, 0.25) is 0 Å². The number of ether oxygens (including phenoxy) is 2. The Labute approximate surface area is 323 Å². The molecule has 7 nitrogen and oxygen atoms in total. The zero-order valence-electron chi connectivity index (χ0n) is 33.0. The molecule has 1 aromatic carbocycles. The number of hydrogen-bond acceptors (Lipinski definition) is 7. The van der Waals surface area contributed by atoms with Gasteiger partial charge in [0, 0.05) is 55.3 Å². The predicted octanol–water partition coefficient (Wildman–Crippen LogP) is 8.43. The molecule has 2 spiro atoms. The van der Waals surface area contributed by atoms with Crippen molar-refractivity contribution in [2.24, 2.45) is 52.1 Å². The fourth-order valence-corrected chi connectivity index (χ4v) is 14.4. The van der Waals surface area contributed by atoms with Gasteiger partial charge in [-0.2, -0.15) is 0 Å². The Hall–Kier alpha value is -2.90. The van der Waals surface area contributed by atoms with Crippen molar-refractivity contribution in [2.75, 3.05) is 32.7 Å². The molecule has 3 saturated heterocycles. The minimum Gasteiger partial charge on any atom is -0.449 e. The van der Waals surface area contributed by atoms with E-state index in [0.29, 0.717) is 36.3 Å². The zero-order chi connectivity index (χ0) is 36.8. The Bertz CT molecular complexity index is 1780. The first-order valence-corrected chi connectivity index (χ1v) is 22.2. The van der Waals surface area contributed by atoms with Gasteiger partial charge in [0.1, 0.15) is 11.2 Å². The van der Waals surface area contributed by atoms with Crippen molar-refractivity contribution in [3.05, 3.63) is 70.1 Å². The van der Waals surface area contributed by atoms with Crippen LogP contribution >= 0.6 is 0 Å².